The van der Waals surface area contributed by atoms with Gasteiger partial charge in [-0.1, -0.05) is 109 Å². The zero-order valence-electron chi connectivity index (χ0n) is 24.1. The minimum Gasteiger partial charge on any atom is -0.494 e. The monoisotopic (exact) mass is 530 g/mol. The molecular weight excluding hydrogens is 484 g/mol. The fourth-order valence-corrected chi connectivity index (χ4v) is 4.51. The SMILES string of the molecule is CCCCCCCCOc1ccc(-c2ccc(OC(=O)c3ccccc3OCC(C)CCCCC)cc2)cc1. The van der Waals surface area contributed by atoms with E-state index in [-0.39, 0.29) is 0 Å². The van der Waals surface area contributed by atoms with E-state index in [1.807, 2.05) is 54.6 Å². The van der Waals surface area contributed by atoms with E-state index in [0.717, 1.165) is 36.3 Å². The zero-order chi connectivity index (χ0) is 27.7. The number of hydrogen-bond acceptors (Lipinski definition) is 4. The lowest BCUT2D eigenvalue weighted by molar-refractivity contribution is 0.0729. The standard InChI is InChI=1S/C35H46O4/c1-4-6-8-9-10-14-26-37-31-22-18-29(19-23-31)30-20-24-32(25-21-30)39-35(36)33-16-12-13-17-34(33)38-27-28(3)15-11-7-5-2/h12-13,16-25,28H,4-11,14-15,26-27H2,1-3H3. The predicted octanol–water partition coefficient (Wildman–Crippen LogP) is 9.91. The van der Waals surface area contributed by atoms with Gasteiger partial charge in [-0.2, -0.15) is 0 Å². The molecule has 0 N–H and O–H groups in total. The summed E-state index contributed by atoms with van der Waals surface area (Å²) in [6, 6.07) is 23.1. The van der Waals surface area contributed by atoms with Crippen molar-refractivity contribution < 1.29 is 19.0 Å². The molecule has 0 bridgehead atoms. The third kappa shape index (κ3) is 10.8. The predicted molar refractivity (Wildman–Crippen MR) is 161 cm³/mol. The Morgan fingerprint density at radius 2 is 1.26 bits per heavy atom. The Kier molecular flexibility index (Phi) is 13.5. The van der Waals surface area contributed by atoms with Crippen LogP contribution in [0.1, 0.15) is 95.3 Å². The van der Waals surface area contributed by atoms with Crippen molar-refractivity contribution in [1.82, 2.24) is 0 Å². The molecule has 0 aliphatic carbocycles. The van der Waals surface area contributed by atoms with E-state index >= 15 is 0 Å². The van der Waals surface area contributed by atoms with E-state index in [1.54, 1.807) is 6.07 Å². The van der Waals surface area contributed by atoms with Gasteiger partial charge in [0.2, 0.25) is 0 Å². The highest BCUT2D eigenvalue weighted by atomic mass is 16.5. The van der Waals surface area contributed by atoms with Crippen LogP contribution in [0.3, 0.4) is 0 Å². The quantitative estimate of drug-likeness (QED) is 0.0932. The number of carbonyl (C=O) groups is 1. The van der Waals surface area contributed by atoms with Crippen molar-refractivity contribution in [1.29, 1.82) is 0 Å². The lowest BCUT2D eigenvalue weighted by atomic mass is 10.0. The Labute approximate surface area is 235 Å². The van der Waals surface area contributed by atoms with Gasteiger partial charge in [-0.25, -0.2) is 4.79 Å². The molecular formula is C35H46O4. The lowest BCUT2D eigenvalue weighted by Crippen LogP contribution is -2.14. The molecule has 0 aliphatic rings. The van der Waals surface area contributed by atoms with Gasteiger partial charge in [0.15, 0.2) is 0 Å². The molecule has 0 saturated heterocycles. The van der Waals surface area contributed by atoms with Gasteiger partial charge in [0.25, 0.3) is 0 Å². The van der Waals surface area contributed by atoms with Gasteiger partial charge in [-0.3, -0.25) is 0 Å². The number of esters is 1. The number of hydrogen-bond donors (Lipinski definition) is 0. The first-order chi connectivity index (χ1) is 19.1. The molecule has 210 valence electrons. The molecule has 39 heavy (non-hydrogen) atoms. The van der Waals surface area contributed by atoms with Gasteiger partial charge in [-0.15, -0.1) is 0 Å². The van der Waals surface area contributed by atoms with Crippen molar-refractivity contribution in [2.45, 2.75) is 85.0 Å². The number of benzene rings is 3. The Bertz CT molecular complexity index is 1090. The van der Waals surface area contributed by atoms with Crippen LogP contribution in [0.15, 0.2) is 72.8 Å². The second kappa shape index (κ2) is 17.3. The van der Waals surface area contributed by atoms with Crippen molar-refractivity contribution in [2.75, 3.05) is 13.2 Å². The summed E-state index contributed by atoms with van der Waals surface area (Å²) >= 11 is 0. The van der Waals surface area contributed by atoms with Crippen LogP contribution in [0.2, 0.25) is 0 Å². The van der Waals surface area contributed by atoms with Crippen molar-refractivity contribution in [3.05, 3.63) is 78.4 Å². The Morgan fingerprint density at radius 3 is 1.95 bits per heavy atom. The van der Waals surface area contributed by atoms with Crippen LogP contribution >= 0.6 is 0 Å². The van der Waals surface area contributed by atoms with Crippen LogP contribution in [0.4, 0.5) is 0 Å². The first-order valence-electron chi connectivity index (χ1n) is 14.9. The van der Waals surface area contributed by atoms with E-state index in [4.69, 9.17) is 14.2 Å². The molecule has 0 radical (unpaired) electrons. The molecule has 4 nitrogen and oxygen atoms in total. The van der Waals surface area contributed by atoms with Crippen LogP contribution in [-0.2, 0) is 0 Å². The minimum absolute atomic E-state index is 0.413. The number of carbonyl (C=O) groups excluding carboxylic acids is 1. The molecule has 3 aromatic rings. The average Bonchev–Trinajstić information content (AvgIpc) is 2.96. The van der Waals surface area contributed by atoms with Gasteiger partial charge in [0, 0.05) is 0 Å². The summed E-state index contributed by atoms with van der Waals surface area (Å²) in [5, 5.41) is 0. The third-order valence-corrected chi connectivity index (χ3v) is 6.95. The molecule has 0 amide bonds. The van der Waals surface area contributed by atoms with E-state index in [0.29, 0.717) is 29.6 Å². The molecule has 0 aliphatic heterocycles. The van der Waals surface area contributed by atoms with Crippen LogP contribution in [0, 0.1) is 5.92 Å². The molecule has 3 rings (SSSR count). The molecule has 0 aromatic heterocycles. The molecule has 3 aromatic carbocycles. The van der Waals surface area contributed by atoms with Crippen LogP contribution in [0.5, 0.6) is 17.2 Å². The van der Waals surface area contributed by atoms with Crippen molar-refractivity contribution in [3.63, 3.8) is 0 Å². The molecule has 0 fully saturated rings. The van der Waals surface area contributed by atoms with Gasteiger partial charge < -0.3 is 14.2 Å². The number of ether oxygens (including phenoxy) is 3. The highest BCUT2D eigenvalue weighted by Crippen LogP contribution is 2.26. The third-order valence-electron chi connectivity index (χ3n) is 6.95. The fourth-order valence-electron chi connectivity index (χ4n) is 4.51. The second-order valence-electron chi connectivity index (χ2n) is 10.5. The highest BCUT2D eigenvalue weighted by Gasteiger charge is 2.16. The summed E-state index contributed by atoms with van der Waals surface area (Å²) < 4.78 is 17.6. The van der Waals surface area contributed by atoms with Crippen LogP contribution < -0.4 is 14.2 Å². The summed E-state index contributed by atoms with van der Waals surface area (Å²) in [5.41, 5.74) is 2.59. The maximum atomic E-state index is 12.9. The highest BCUT2D eigenvalue weighted by molar-refractivity contribution is 5.94. The summed E-state index contributed by atoms with van der Waals surface area (Å²) in [4.78, 5) is 12.9. The fraction of sp³-hybridized carbons (Fsp3) is 0.457. The molecule has 0 heterocycles. The largest absolute Gasteiger partial charge is 0.494 e. The smallest absolute Gasteiger partial charge is 0.347 e. The Balaban J connectivity index is 1.49. The van der Waals surface area contributed by atoms with Gasteiger partial charge in [-0.05, 0) is 66.3 Å². The van der Waals surface area contributed by atoms with Crippen LogP contribution in [0.25, 0.3) is 11.1 Å². The lowest BCUT2D eigenvalue weighted by Gasteiger charge is -2.15. The second-order valence-corrected chi connectivity index (χ2v) is 10.5. The van der Waals surface area contributed by atoms with E-state index in [9.17, 15) is 4.79 Å². The van der Waals surface area contributed by atoms with Gasteiger partial charge in [0.1, 0.15) is 22.8 Å². The molecule has 1 atom stereocenters. The van der Waals surface area contributed by atoms with Crippen molar-refractivity contribution in [3.8, 4) is 28.4 Å². The van der Waals surface area contributed by atoms with E-state index in [2.05, 4.69) is 32.9 Å². The molecule has 0 saturated carbocycles. The van der Waals surface area contributed by atoms with Gasteiger partial charge >= 0.3 is 5.97 Å². The maximum Gasteiger partial charge on any atom is 0.347 e. The summed E-state index contributed by atoms with van der Waals surface area (Å²) in [7, 11) is 0. The normalized spacial score (nSPS) is 11.7. The summed E-state index contributed by atoms with van der Waals surface area (Å²) in [6.07, 6.45) is 12.3. The Morgan fingerprint density at radius 1 is 0.667 bits per heavy atom. The van der Waals surface area contributed by atoms with Crippen molar-refractivity contribution >= 4 is 5.97 Å². The zero-order valence-corrected chi connectivity index (χ0v) is 24.1. The molecule has 4 heteroatoms. The number of para-hydroxylation sites is 1. The minimum atomic E-state index is -0.413. The topological polar surface area (TPSA) is 44.8 Å². The first-order valence-corrected chi connectivity index (χ1v) is 14.9. The average molecular weight is 531 g/mol. The van der Waals surface area contributed by atoms with Crippen LogP contribution in [-0.4, -0.2) is 19.2 Å². The van der Waals surface area contributed by atoms with Crippen molar-refractivity contribution in [2.24, 2.45) is 5.92 Å². The van der Waals surface area contributed by atoms with E-state index < -0.39 is 5.97 Å². The molecule has 0 spiro atoms. The first kappa shape index (κ1) is 30.3. The summed E-state index contributed by atoms with van der Waals surface area (Å²) in [5.74, 6) is 2.00. The number of unbranched alkanes of at least 4 members (excludes halogenated alkanes) is 7. The van der Waals surface area contributed by atoms with E-state index in [1.165, 1.54) is 51.4 Å². The number of rotatable bonds is 18. The van der Waals surface area contributed by atoms with Gasteiger partial charge in [0.05, 0.1) is 13.2 Å². The summed E-state index contributed by atoms with van der Waals surface area (Å²) in [6.45, 7) is 7.99. The molecule has 1 unspecified atom stereocenters. The Hall–Kier alpha value is -3.27. The maximum absolute atomic E-state index is 12.9.